The summed E-state index contributed by atoms with van der Waals surface area (Å²) in [4.78, 5) is 12.2. The molecule has 10 heteroatoms. The summed E-state index contributed by atoms with van der Waals surface area (Å²) in [6, 6.07) is 1.06. The second-order valence-electron chi connectivity index (χ2n) is 2.74. The summed E-state index contributed by atoms with van der Waals surface area (Å²) in [5, 5.41) is 7.43. The van der Waals surface area contributed by atoms with Crippen molar-refractivity contribution in [1.29, 1.82) is 0 Å². The van der Waals surface area contributed by atoms with Crippen LogP contribution in [0.25, 0.3) is 0 Å². The zero-order valence-electron chi connectivity index (χ0n) is 7.69. The van der Waals surface area contributed by atoms with Gasteiger partial charge in [0.25, 0.3) is 9.84 Å². The zero-order chi connectivity index (χ0) is 13.4. The van der Waals surface area contributed by atoms with E-state index in [9.17, 15) is 26.4 Å². The van der Waals surface area contributed by atoms with Crippen LogP contribution in [-0.4, -0.2) is 30.0 Å². The number of carbonyl (C=O) groups is 1. The lowest BCUT2D eigenvalue weighted by Crippen LogP contribution is -2.24. The van der Waals surface area contributed by atoms with Crippen molar-refractivity contribution in [1.82, 2.24) is 4.98 Å². The standard InChI is InChI=1S/C7H3ClF3NO4S/c8-5-4(17(15,16)7(9,10)11)2-1-3(12-5)6(13)14/h1-2H,(H,13,14). The van der Waals surface area contributed by atoms with Crippen molar-refractivity contribution < 1.29 is 31.5 Å². The van der Waals surface area contributed by atoms with Gasteiger partial charge in [-0.3, -0.25) is 0 Å². The average molecular weight is 290 g/mol. The SMILES string of the molecule is O=C(O)c1ccc(S(=O)(=O)C(F)(F)F)c(Cl)n1. The molecule has 5 nitrogen and oxygen atoms in total. The molecule has 0 aliphatic rings. The highest BCUT2D eigenvalue weighted by Crippen LogP contribution is 2.33. The van der Waals surface area contributed by atoms with E-state index in [0.717, 1.165) is 0 Å². The third-order valence-corrected chi connectivity index (χ3v) is 3.55. The van der Waals surface area contributed by atoms with Crippen molar-refractivity contribution in [2.75, 3.05) is 0 Å². The van der Waals surface area contributed by atoms with Gasteiger partial charge in [-0.15, -0.1) is 0 Å². The molecule has 0 saturated carbocycles. The monoisotopic (exact) mass is 289 g/mol. The van der Waals surface area contributed by atoms with Crippen LogP contribution in [-0.2, 0) is 9.84 Å². The van der Waals surface area contributed by atoms with E-state index in [1.165, 1.54) is 0 Å². The summed E-state index contributed by atoms with van der Waals surface area (Å²) in [5.74, 6) is -1.54. The van der Waals surface area contributed by atoms with Crippen LogP contribution in [0.15, 0.2) is 17.0 Å². The highest BCUT2D eigenvalue weighted by molar-refractivity contribution is 7.92. The first-order valence-electron chi connectivity index (χ1n) is 3.78. The Morgan fingerprint density at radius 3 is 2.24 bits per heavy atom. The first-order valence-corrected chi connectivity index (χ1v) is 5.64. The molecule has 0 unspecified atom stereocenters. The molecule has 0 bridgehead atoms. The first-order chi connectivity index (χ1) is 7.57. The molecule has 0 saturated heterocycles. The van der Waals surface area contributed by atoms with Crippen molar-refractivity contribution >= 4 is 27.4 Å². The van der Waals surface area contributed by atoms with Crippen molar-refractivity contribution in [3.63, 3.8) is 0 Å². The predicted octanol–water partition coefficient (Wildman–Crippen LogP) is 1.73. The summed E-state index contributed by atoms with van der Waals surface area (Å²) in [5.41, 5.74) is -6.18. The minimum Gasteiger partial charge on any atom is -0.477 e. The van der Waals surface area contributed by atoms with Crippen LogP contribution in [0.5, 0.6) is 0 Å². The second kappa shape index (κ2) is 4.15. The topological polar surface area (TPSA) is 84.3 Å². The van der Waals surface area contributed by atoms with Gasteiger partial charge < -0.3 is 5.11 Å². The fraction of sp³-hybridized carbons (Fsp3) is 0.143. The van der Waals surface area contributed by atoms with Crippen LogP contribution < -0.4 is 0 Å². The molecule has 17 heavy (non-hydrogen) atoms. The molecule has 0 aliphatic carbocycles. The molecule has 1 aromatic rings. The number of aromatic nitrogens is 1. The lowest BCUT2D eigenvalue weighted by molar-refractivity contribution is -0.0436. The largest absolute Gasteiger partial charge is 0.502 e. The van der Waals surface area contributed by atoms with Gasteiger partial charge in [0.15, 0.2) is 0 Å². The number of aromatic carboxylic acids is 1. The minimum atomic E-state index is -5.64. The van der Waals surface area contributed by atoms with E-state index in [1.807, 2.05) is 0 Å². The molecule has 0 aliphatic heterocycles. The molecular formula is C7H3ClF3NO4S. The fourth-order valence-corrected chi connectivity index (χ4v) is 2.09. The van der Waals surface area contributed by atoms with Crippen molar-refractivity contribution in [3.8, 4) is 0 Å². The van der Waals surface area contributed by atoms with Gasteiger partial charge in [-0.2, -0.15) is 13.2 Å². The third kappa shape index (κ3) is 2.50. The molecule has 0 spiro atoms. The van der Waals surface area contributed by atoms with Crippen LogP contribution in [0.3, 0.4) is 0 Å². The number of carboxylic acid groups (broad SMARTS) is 1. The number of alkyl halides is 3. The Kier molecular flexibility index (Phi) is 3.35. The number of pyridine rings is 1. The fourth-order valence-electron chi connectivity index (χ4n) is 0.866. The highest BCUT2D eigenvalue weighted by Gasteiger charge is 2.48. The summed E-state index contributed by atoms with van der Waals surface area (Å²) in [6.07, 6.45) is 0. The Morgan fingerprint density at radius 2 is 1.88 bits per heavy atom. The maximum atomic E-state index is 12.2. The van der Waals surface area contributed by atoms with E-state index in [0.29, 0.717) is 12.1 Å². The Morgan fingerprint density at radius 1 is 1.35 bits per heavy atom. The normalized spacial score (nSPS) is 12.5. The Bertz CT molecular complexity index is 569. The number of rotatable bonds is 2. The average Bonchev–Trinajstić information content (AvgIpc) is 2.15. The molecule has 0 radical (unpaired) electrons. The zero-order valence-corrected chi connectivity index (χ0v) is 9.27. The molecule has 1 N–H and O–H groups in total. The van der Waals surface area contributed by atoms with Gasteiger partial charge in [-0.05, 0) is 12.1 Å². The van der Waals surface area contributed by atoms with E-state index < -0.39 is 37.1 Å². The molecule has 1 aromatic heterocycles. The van der Waals surface area contributed by atoms with Crippen molar-refractivity contribution in [2.24, 2.45) is 0 Å². The van der Waals surface area contributed by atoms with Crippen LogP contribution in [0.4, 0.5) is 13.2 Å². The Labute approximate surface area is 97.8 Å². The first kappa shape index (κ1) is 13.7. The van der Waals surface area contributed by atoms with E-state index in [2.05, 4.69) is 4.98 Å². The Balaban J connectivity index is 3.42. The smallest absolute Gasteiger partial charge is 0.477 e. The molecular weight excluding hydrogens is 287 g/mol. The third-order valence-electron chi connectivity index (χ3n) is 1.63. The second-order valence-corrected chi connectivity index (χ2v) is 5.01. The molecule has 0 atom stereocenters. The quantitative estimate of drug-likeness (QED) is 0.838. The van der Waals surface area contributed by atoms with E-state index in [-0.39, 0.29) is 0 Å². The van der Waals surface area contributed by atoms with E-state index >= 15 is 0 Å². The lowest BCUT2D eigenvalue weighted by Gasteiger charge is -2.09. The van der Waals surface area contributed by atoms with Gasteiger partial charge in [0.05, 0.1) is 0 Å². The summed E-state index contributed by atoms with van der Waals surface area (Å²) >= 11 is 5.21. The maximum Gasteiger partial charge on any atom is 0.502 e. The number of hydrogen-bond acceptors (Lipinski definition) is 4. The number of hydrogen-bond donors (Lipinski definition) is 1. The number of halogens is 4. The van der Waals surface area contributed by atoms with E-state index in [1.54, 1.807) is 0 Å². The molecule has 0 amide bonds. The molecule has 1 heterocycles. The maximum absolute atomic E-state index is 12.2. The van der Waals surface area contributed by atoms with E-state index in [4.69, 9.17) is 16.7 Å². The Hall–Kier alpha value is -1.35. The van der Waals surface area contributed by atoms with Crippen molar-refractivity contribution in [3.05, 3.63) is 23.0 Å². The molecule has 1 rings (SSSR count). The lowest BCUT2D eigenvalue weighted by atomic mass is 10.4. The van der Waals surface area contributed by atoms with Crippen LogP contribution in [0, 0.1) is 0 Å². The predicted molar refractivity (Wildman–Crippen MR) is 49.4 cm³/mol. The van der Waals surface area contributed by atoms with Gasteiger partial charge in [-0.25, -0.2) is 18.2 Å². The van der Waals surface area contributed by atoms with Gasteiger partial charge in [0, 0.05) is 0 Å². The van der Waals surface area contributed by atoms with Crippen molar-refractivity contribution in [2.45, 2.75) is 10.4 Å². The molecule has 0 aromatic carbocycles. The van der Waals surface area contributed by atoms with Gasteiger partial charge >= 0.3 is 11.5 Å². The van der Waals surface area contributed by atoms with Gasteiger partial charge in [0.1, 0.15) is 15.7 Å². The van der Waals surface area contributed by atoms with Gasteiger partial charge in [-0.1, -0.05) is 11.6 Å². The van der Waals surface area contributed by atoms with Crippen LogP contribution >= 0.6 is 11.6 Å². The van der Waals surface area contributed by atoms with Crippen LogP contribution in [0.1, 0.15) is 10.5 Å². The van der Waals surface area contributed by atoms with Crippen LogP contribution in [0.2, 0.25) is 5.15 Å². The van der Waals surface area contributed by atoms with Gasteiger partial charge in [0.2, 0.25) is 0 Å². The highest BCUT2D eigenvalue weighted by atomic mass is 35.5. The minimum absolute atomic E-state index is 0.446. The number of sulfone groups is 1. The number of carboxylic acids is 1. The molecule has 0 fully saturated rings. The summed E-state index contributed by atoms with van der Waals surface area (Å²) in [6.45, 7) is 0. The molecule has 94 valence electrons. The summed E-state index contributed by atoms with van der Waals surface area (Å²) in [7, 11) is -5.64. The number of nitrogens with zero attached hydrogens (tertiary/aromatic N) is 1. The summed E-state index contributed by atoms with van der Waals surface area (Å²) < 4.78 is 58.4.